The maximum Gasteiger partial charge on any atom is 0.434 e. The Morgan fingerprint density at radius 1 is 1.13 bits per heavy atom. The molecule has 8 nitrogen and oxygen atoms in total. The zero-order valence-electron chi connectivity index (χ0n) is 21.1. The summed E-state index contributed by atoms with van der Waals surface area (Å²) >= 11 is 0. The summed E-state index contributed by atoms with van der Waals surface area (Å²) in [5.41, 5.74) is 1.83. The number of carbonyl (C=O) groups is 3. The summed E-state index contributed by atoms with van der Waals surface area (Å²) in [5, 5.41) is 0. The number of rotatable bonds is 6. The number of aromatic nitrogens is 2. The number of aryl methyl sites for hydroxylation is 1. The fraction of sp³-hybridized carbons (Fsp3) is 0.480. The lowest BCUT2D eigenvalue weighted by molar-refractivity contribution is -0.141. The summed E-state index contributed by atoms with van der Waals surface area (Å²) in [6.07, 6.45) is -6.22. The van der Waals surface area contributed by atoms with Gasteiger partial charge in [-0.3, -0.25) is 24.5 Å². The van der Waals surface area contributed by atoms with E-state index in [1.165, 1.54) is 13.0 Å². The summed E-state index contributed by atoms with van der Waals surface area (Å²) in [4.78, 5) is 45.4. The third-order valence-electron chi connectivity index (χ3n) is 6.02. The molecule has 2 aromatic heterocycles. The minimum atomic E-state index is -4.92. The quantitative estimate of drug-likeness (QED) is 0.532. The zero-order valence-corrected chi connectivity index (χ0v) is 21.1. The first-order valence-corrected chi connectivity index (χ1v) is 11.7. The van der Waals surface area contributed by atoms with Gasteiger partial charge in [0.1, 0.15) is 17.6 Å². The van der Waals surface area contributed by atoms with Crippen LogP contribution in [-0.4, -0.2) is 56.5 Å². The number of amides is 2. The van der Waals surface area contributed by atoms with Crippen LogP contribution in [0.5, 0.6) is 0 Å². The number of primary amides is 1. The molecular weight excluding hydrogens is 515 g/mol. The summed E-state index contributed by atoms with van der Waals surface area (Å²) < 4.78 is 73.7. The van der Waals surface area contributed by atoms with Crippen molar-refractivity contribution in [3.8, 4) is 11.3 Å². The van der Waals surface area contributed by atoms with Gasteiger partial charge < -0.3 is 10.5 Å². The van der Waals surface area contributed by atoms with Crippen LogP contribution in [-0.2, 0) is 22.1 Å². The first-order chi connectivity index (χ1) is 17.5. The lowest BCUT2D eigenvalue weighted by Gasteiger charge is -2.30. The maximum atomic E-state index is 14.5. The molecule has 2 N–H and O–H groups in total. The van der Waals surface area contributed by atoms with Crippen molar-refractivity contribution in [3.63, 3.8) is 0 Å². The third-order valence-corrected chi connectivity index (χ3v) is 6.02. The Labute approximate surface area is 215 Å². The predicted octanol–water partition coefficient (Wildman–Crippen LogP) is 4.64. The monoisotopic (exact) mass is 542 g/mol. The molecule has 1 fully saturated rings. The number of pyridine rings is 2. The van der Waals surface area contributed by atoms with Gasteiger partial charge in [-0.05, 0) is 51.8 Å². The van der Waals surface area contributed by atoms with Gasteiger partial charge in [0.25, 0.3) is 5.91 Å². The van der Waals surface area contributed by atoms with Gasteiger partial charge in [0.2, 0.25) is 0 Å². The molecule has 0 unspecified atom stereocenters. The Bertz CT molecular complexity index is 1250. The molecule has 0 radical (unpaired) electrons. The molecular formula is C25H27F5N4O4. The summed E-state index contributed by atoms with van der Waals surface area (Å²) in [6.45, 7) is 6.38. The largest absolute Gasteiger partial charge is 0.444 e. The van der Waals surface area contributed by atoms with E-state index >= 15 is 0 Å². The van der Waals surface area contributed by atoms with E-state index in [-0.39, 0.29) is 36.1 Å². The Balaban J connectivity index is 1.82. The van der Waals surface area contributed by atoms with Gasteiger partial charge in [-0.15, -0.1) is 0 Å². The van der Waals surface area contributed by atoms with Crippen LogP contribution in [0.25, 0.3) is 11.3 Å². The highest BCUT2D eigenvalue weighted by molar-refractivity contribution is 5.95. The summed E-state index contributed by atoms with van der Waals surface area (Å²) in [6, 6.07) is 0.0671. The second-order valence-electron chi connectivity index (χ2n) is 10.0. The fourth-order valence-electron chi connectivity index (χ4n) is 4.15. The van der Waals surface area contributed by atoms with E-state index in [9.17, 15) is 36.3 Å². The standard InChI is InChI=1S/C25H27F5N4O4/c1-12-16(26)9-19(34(12)23(37)38-24(2,3)4)20(35)6-5-13-8-18(32-11-17(13)27)14-7-15(22(31)36)21(33-10-14)25(28,29)30/h7-8,10-12,16,19H,5-6,9H2,1-4H3,(H2,31,36)/t12-,16+,19-/m0/s1. The van der Waals surface area contributed by atoms with Crippen molar-refractivity contribution in [1.82, 2.24) is 14.9 Å². The number of ketones is 1. The van der Waals surface area contributed by atoms with Crippen LogP contribution in [0.15, 0.2) is 24.5 Å². The molecule has 0 saturated carbocycles. The van der Waals surface area contributed by atoms with Crippen LogP contribution < -0.4 is 5.73 Å². The molecule has 3 rings (SSSR count). The van der Waals surface area contributed by atoms with Crippen molar-refractivity contribution >= 4 is 17.8 Å². The van der Waals surface area contributed by atoms with Crippen molar-refractivity contribution in [2.75, 3.05) is 0 Å². The molecule has 13 heteroatoms. The second kappa shape index (κ2) is 10.6. The van der Waals surface area contributed by atoms with Gasteiger partial charge in [-0.25, -0.2) is 13.6 Å². The van der Waals surface area contributed by atoms with E-state index in [4.69, 9.17) is 10.5 Å². The Kier molecular flexibility index (Phi) is 8.08. The molecule has 1 aliphatic heterocycles. The SMILES string of the molecule is C[C@H]1[C@H](F)C[C@@H](C(=O)CCc2cc(-c3cnc(C(F)(F)F)c(C(N)=O)c3)ncc2F)N1C(=O)OC(C)(C)C. The van der Waals surface area contributed by atoms with E-state index in [1.807, 2.05) is 0 Å². The number of alkyl halides is 4. The fourth-order valence-corrected chi connectivity index (χ4v) is 4.15. The van der Waals surface area contributed by atoms with E-state index < -0.39 is 64.9 Å². The van der Waals surface area contributed by atoms with Crippen LogP contribution in [0, 0.1) is 5.82 Å². The lowest BCUT2D eigenvalue weighted by atomic mass is 10.00. The third kappa shape index (κ3) is 6.43. The topological polar surface area (TPSA) is 115 Å². The highest BCUT2D eigenvalue weighted by Gasteiger charge is 2.46. The molecule has 3 atom stereocenters. The molecule has 206 valence electrons. The van der Waals surface area contributed by atoms with Gasteiger partial charge in [-0.1, -0.05) is 0 Å². The molecule has 0 aliphatic carbocycles. The minimum absolute atomic E-state index is 0.00413. The van der Waals surface area contributed by atoms with Gasteiger partial charge in [0, 0.05) is 24.6 Å². The van der Waals surface area contributed by atoms with Crippen molar-refractivity contribution in [2.45, 2.75) is 77.0 Å². The predicted molar refractivity (Wildman–Crippen MR) is 125 cm³/mol. The van der Waals surface area contributed by atoms with E-state index in [0.29, 0.717) is 0 Å². The molecule has 38 heavy (non-hydrogen) atoms. The van der Waals surface area contributed by atoms with Crippen molar-refractivity contribution in [3.05, 3.63) is 47.2 Å². The average Bonchev–Trinajstić information content (AvgIpc) is 3.10. The van der Waals surface area contributed by atoms with Gasteiger partial charge in [0.15, 0.2) is 11.5 Å². The number of nitrogens with zero attached hydrogens (tertiary/aromatic N) is 3. The van der Waals surface area contributed by atoms with E-state index in [0.717, 1.165) is 23.4 Å². The molecule has 0 bridgehead atoms. The number of Topliss-reactive ketones (excluding diaryl/α,β-unsaturated/α-hetero) is 1. The maximum absolute atomic E-state index is 14.5. The van der Waals surface area contributed by atoms with Gasteiger partial charge >= 0.3 is 12.3 Å². The number of halogens is 5. The highest BCUT2D eigenvalue weighted by Crippen LogP contribution is 2.33. The summed E-state index contributed by atoms with van der Waals surface area (Å²) in [5.74, 6) is -2.65. The first-order valence-electron chi connectivity index (χ1n) is 11.7. The van der Waals surface area contributed by atoms with Gasteiger partial charge in [0.05, 0.1) is 29.5 Å². The van der Waals surface area contributed by atoms with Crippen molar-refractivity contribution in [2.24, 2.45) is 5.73 Å². The first kappa shape index (κ1) is 28.9. The van der Waals surface area contributed by atoms with Gasteiger partial charge in [-0.2, -0.15) is 13.2 Å². The lowest BCUT2D eigenvalue weighted by Crippen LogP contribution is -2.47. The number of hydrogen-bond donors (Lipinski definition) is 1. The molecule has 3 heterocycles. The van der Waals surface area contributed by atoms with Crippen LogP contribution >= 0.6 is 0 Å². The number of nitrogens with two attached hydrogens (primary N) is 1. The number of likely N-dealkylation sites (tertiary alicyclic amines) is 1. The van der Waals surface area contributed by atoms with Crippen molar-refractivity contribution < 1.29 is 41.1 Å². The average molecular weight is 543 g/mol. The molecule has 2 aromatic rings. The minimum Gasteiger partial charge on any atom is -0.444 e. The number of hydrogen-bond acceptors (Lipinski definition) is 6. The molecule has 0 spiro atoms. The normalized spacial score (nSPS) is 19.9. The van der Waals surface area contributed by atoms with Crippen LogP contribution in [0.2, 0.25) is 0 Å². The number of ether oxygens (including phenoxy) is 1. The van der Waals surface area contributed by atoms with Crippen LogP contribution in [0.4, 0.5) is 26.7 Å². The zero-order chi connectivity index (χ0) is 28.6. The Morgan fingerprint density at radius 3 is 2.37 bits per heavy atom. The number of carbonyl (C=O) groups excluding carboxylic acids is 3. The van der Waals surface area contributed by atoms with E-state index in [1.54, 1.807) is 20.8 Å². The molecule has 1 aliphatic rings. The van der Waals surface area contributed by atoms with Crippen molar-refractivity contribution in [1.29, 1.82) is 0 Å². The highest BCUT2D eigenvalue weighted by atomic mass is 19.4. The van der Waals surface area contributed by atoms with Crippen LogP contribution in [0.3, 0.4) is 0 Å². The Morgan fingerprint density at radius 2 is 1.79 bits per heavy atom. The Hall–Kier alpha value is -3.64. The summed E-state index contributed by atoms with van der Waals surface area (Å²) in [7, 11) is 0. The van der Waals surface area contributed by atoms with Crippen LogP contribution in [0.1, 0.15) is 62.2 Å². The van der Waals surface area contributed by atoms with E-state index in [2.05, 4.69) is 9.97 Å². The molecule has 0 aromatic carbocycles. The molecule has 2 amide bonds. The second-order valence-corrected chi connectivity index (χ2v) is 10.0. The molecule has 1 saturated heterocycles. The smallest absolute Gasteiger partial charge is 0.434 e.